The third kappa shape index (κ3) is 3.23. The van der Waals surface area contributed by atoms with Gasteiger partial charge in [0.15, 0.2) is 0 Å². The molecule has 0 radical (unpaired) electrons. The number of pyridine rings is 1. The van der Waals surface area contributed by atoms with Crippen LogP contribution in [-0.2, 0) is 17.9 Å². The third-order valence-corrected chi connectivity index (χ3v) is 4.62. The lowest BCUT2D eigenvalue weighted by molar-refractivity contribution is -0.121. The van der Waals surface area contributed by atoms with Crippen LogP contribution in [0.1, 0.15) is 24.1 Å². The van der Waals surface area contributed by atoms with Crippen molar-refractivity contribution in [1.29, 1.82) is 0 Å². The molecule has 1 amide bonds. The van der Waals surface area contributed by atoms with Gasteiger partial charge in [0.05, 0.1) is 23.3 Å². The van der Waals surface area contributed by atoms with E-state index in [0.29, 0.717) is 17.4 Å². The van der Waals surface area contributed by atoms with Crippen molar-refractivity contribution in [3.63, 3.8) is 0 Å². The number of nitrogens with one attached hydrogen (secondary N) is 1. The van der Waals surface area contributed by atoms with Crippen molar-refractivity contribution in [1.82, 2.24) is 19.4 Å². The number of rotatable bonds is 3. The number of hydrogen-bond acceptors (Lipinski definition) is 4. The fourth-order valence-corrected chi connectivity index (χ4v) is 2.92. The quantitative estimate of drug-likeness (QED) is 0.936. The van der Waals surface area contributed by atoms with Gasteiger partial charge in [0.2, 0.25) is 5.91 Å². The highest BCUT2D eigenvalue weighted by atomic mass is 35.5. The van der Waals surface area contributed by atoms with E-state index in [9.17, 15) is 4.79 Å². The molecule has 122 valence electrons. The molecule has 1 N–H and O–H groups in total. The van der Waals surface area contributed by atoms with Gasteiger partial charge in [-0.05, 0) is 32.9 Å². The maximum absolute atomic E-state index is 12.4. The highest BCUT2D eigenvalue weighted by molar-refractivity contribution is 6.30. The number of halogens is 1. The summed E-state index contributed by atoms with van der Waals surface area (Å²) in [5.74, 6) is 1.46. The van der Waals surface area contributed by atoms with Crippen molar-refractivity contribution in [2.24, 2.45) is 0 Å². The Balaban J connectivity index is 1.67. The largest absolute Gasteiger partial charge is 0.330 e. The maximum Gasteiger partial charge on any atom is 0.242 e. The van der Waals surface area contributed by atoms with Gasteiger partial charge in [-0.1, -0.05) is 11.6 Å². The smallest absolute Gasteiger partial charge is 0.242 e. The summed E-state index contributed by atoms with van der Waals surface area (Å²) in [6.45, 7) is 8.38. The zero-order valence-electron chi connectivity index (χ0n) is 13.5. The lowest BCUT2D eigenvalue weighted by atomic mass is 10.2. The fraction of sp³-hybridized carbons (Fsp3) is 0.438. The number of aryl methyl sites for hydroxylation is 1. The summed E-state index contributed by atoms with van der Waals surface area (Å²) in [4.78, 5) is 23.3. The highest BCUT2D eigenvalue weighted by Gasteiger charge is 2.27. The molecule has 2 aromatic heterocycles. The van der Waals surface area contributed by atoms with Crippen LogP contribution in [0.15, 0.2) is 18.3 Å². The molecule has 0 bridgehead atoms. The Labute approximate surface area is 140 Å². The second kappa shape index (κ2) is 6.29. The summed E-state index contributed by atoms with van der Waals surface area (Å²) in [6.07, 6.45) is 1.52. The number of carbonyl (C=O) groups excluding carboxylic acids is 1. The van der Waals surface area contributed by atoms with Crippen molar-refractivity contribution in [3.05, 3.63) is 40.6 Å². The first-order chi connectivity index (χ1) is 11.0. The van der Waals surface area contributed by atoms with Crippen LogP contribution in [0, 0.1) is 13.8 Å². The normalized spacial score (nSPS) is 16.0. The van der Waals surface area contributed by atoms with E-state index >= 15 is 0 Å². The van der Waals surface area contributed by atoms with Crippen molar-refractivity contribution in [2.75, 3.05) is 11.9 Å². The molecule has 23 heavy (non-hydrogen) atoms. The number of fused-ring (bicyclic) bond motifs is 1. The van der Waals surface area contributed by atoms with Crippen LogP contribution in [0.25, 0.3) is 0 Å². The minimum absolute atomic E-state index is 0.0757. The number of carbonyl (C=O) groups is 1. The number of amides is 1. The minimum atomic E-state index is -0.251. The second-order valence-corrected chi connectivity index (χ2v) is 6.28. The van der Waals surface area contributed by atoms with Crippen molar-refractivity contribution >= 4 is 23.3 Å². The molecule has 6 nitrogen and oxygen atoms in total. The topological polar surface area (TPSA) is 63.1 Å². The van der Waals surface area contributed by atoms with Gasteiger partial charge in [0, 0.05) is 25.0 Å². The molecule has 0 aromatic carbocycles. The molecule has 0 saturated heterocycles. The van der Waals surface area contributed by atoms with E-state index in [2.05, 4.69) is 31.7 Å². The molecule has 3 rings (SSSR count). The number of anilines is 1. The second-order valence-electron chi connectivity index (χ2n) is 5.85. The van der Waals surface area contributed by atoms with Crippen molar-refractivity contribution in [2.45, 2.75) is 39.9 Å². The predicted octanol–water partition coefficient (Wildman–Crippen LogP) is 2.39. The Bertz CT molecular complexity index is 725. The lowest BCUT2D eigenvalue weighted by Crippen LogP contribution is -2.46. The van der Waals surface area contributed by atoms with E-state index in [0.717, 1.165) is 24.6 Å². The molecule has 1 aliphatic rings. The molecular formula is C16H20ClN5O. The first kappa shape index (κ1) is 16.0. The van der Waals surface area contributed by atoms with Gasteiger partial charge in [-0.3, -0.25) is 9.69 Å². The lowest BCUT2D eigenvalue weighted by Gasteiger charge is -2.32. The SMILES string of the molecule is Cc1nc2n(c1C)CCN(C(C)C(=O)Nc1ccc(Cl)cn1)C2. The molecule has 1 aliphatic heterocycles. The van der Waals surface area contributed by atoms with Gasteiger partial charge < -0.3 is 9.88 Å². The average molecular weight is 334 g/mol. The van der Waals surface area contributed by atoms with Crippen LogP contribution in [0.2, 0.25) is 5.02 Å². The van der Waals surface area contributed by atoms with Crippen LogP contribution in [0.5, 0.6) is 0 Å². The van der Waals surface area contributed by atoms with Crippen LogP contribution in [0.4, 0.5) is 5.82 Å². The third-order valence-electron chi connectivity index (χ3n) is 4.40. The predicted molar refractivity (Wildman–Crippen MR) is 89.4 cm³/mol. The molecule has 7 heteroatoms. The Morgan fingerprint density at radius 3 is 2.83 bits per heavy atom. The highest BCUT2D eigenvalue weighted by Crippen LogP contribution is 2.19. The van der Waals surface area contributed by atoms with Gasteiger partial charge in [-0.2, -0.15) is 0 Å². The number of aromatic nitrogens is 3. The monoisotopic (exact) mass is 333 g/mol. The molecule has 3 heterocycles. The van der Waals surface area contributed by atoms with E-state index < -0.39 is 0 Å². The van der Waals surface area contributed by atoms with Gasteiger partial charge in [0.1, 0.15) is 11.6 Å². The first-order valence-corrected chi connectivity index (χ1v) is 8.02. The molecule has 2 aromatic rings. The summed E-state index contributed by atoms with van der Waals surface area (Å²) in [5, 5.41) is 3.38. The zero-order chi connectivity index (χ0) is 16.6. The average Bonchev–Trinajstić information content (AvgIpc) is 2.83. The molecule has 1 atom stereocenters. The zero-order valence-corrected chi connectivity index (χ0v) is 14.3. The van der Waals surface area contributed by atoms with Gasteiger partial charge in [-0.15, -0.1) is 0 Å². The number of imidazole rings is 1. The summed E-state index contributed by atoms with van der Waals surface area (Å²) in [6, 6.07) is 3.15. The van der Waals surface area contributed by atoms with E-state index in [1.54, 1.807) is 12.1 Å². The van der Waals surface area contributed by atoms with Crippen molar-refractivity contribution < 1.29 is 4.79 Å². The number of hydrogen-bond donors (Lipinski definition) is 1. The van der Waals surface area contributed by atoms with E-state index in [1.807, 2.05) is 13.8 Å². The van der Waals surface area contributed by atoms with Crippen LogP contribution >= 0.6 is 11.6 Å². The molecule has 0 saturated carbocycles. The standard InChI is InChI=1S/C16H20ClN5O/c1-10-11(2)22-7-6-21(9-15(22)19-10)12(3)16(23)20-14-5-4-13(17)8-18-14/h4-5,8,12H,6-7,9H2,1-3H3,(H,18,20,23). The minimum Gasteiger partial charge on any atom is -0.330 e. The number of nitrogens with zero attached hydrogens (tertiary/aromatic N) is 4. The first-order valence-electron chi connectivity index (χ1n) is 7.65. The molecule has 0 spiro atoms. The Hall–Kier alpha value is -1.92. The Kier molecular flexibility index (Phi) is 4.37. The Morgan fingerprint density at radius 2 is 2.13 bits per heavy atom. The summed E-state index contributed by atoms with van der Waals surface area (Å²) < 4.78 is 2.23. The van der Waals surface area contributed by atoms with Crippen LogP contribution < -0.4 is 5.32 Å². The fourth-order valence-electron chi connectivity index (χ4n) is 2.81. The molecule has 0 fully saturated rings. The molecule has 1 unspecified atom stereocenters. The Morgan fingerprint density at radius 1 is 1.35 bits per heavy atom. The van der Waals surface area contributed by atoms with Gasteiger partial charge in [-0.25, -0.2) is 9.97 Å². The summed E-state index contributed by atoms with van der Waals surface area (Å²) in [7, 11) is 0. The van der Waals surface area contributed by atoms with Gasteiger partial charge >= 0.3 is 0 Å². The van der Waals surface area contributed by atoms with Gasteiger partial charge in [0.25, 0.3) is 0 Å². The molecule has 0 aliphatic carbocycles. The summed E-state index contributed by atoms with van der Waals surface area (Å²) >= 11 is 5.80. The van der Waals surface area contributed by atoms with Crippen LogP contribution in [0.3, 0.4) is 0 Å². The van der Waals surface area contributed by atoms with E-state index in [4.69, 9.17) is 11.6 Å². The maximum atomic E-state index is 12.4. The van der Waals surface area contributed by atoms with Crippen LogP contribution in [-0.4, -0.2) is 37.9 Å². The van der Waals surface area contributed by atoms with Crippen molar-refractivity contribution in [3.8, 4) is 0 Å². The van der Waals surface area contributed by atoms with E-state index in [1.165, 1.54) is 11.9 Å². The molecular weight excluding hydrogens is 314 g/mol. The van der Waals surface area contributed by atoms with E-state index in [-0.39, 0.29) is 11.9 Å². The summed E-state index contributed by atoms with van der Waals surface area (Å²) in [5.41, 5.74) is 2.27.